The highest BCUT2D eigenvalue weighted by Crippen LogP contribution is 2.25. The summed E-state index contributed by atoms with van der Waals surface area (Å²) in [5.41, 5.74) is 2.32. The maximum atomic E-state index is 10.7. The maximum Gasteiger partial charge on any atom is 0.230 e. The molecule has 1 atom stereocenters. The third kappa shape index (κ3) is 4.58. The molecule has 2 heterocycles. The van der Waals surface area contributed by atoms with Crippen LogP contribution >= 0.6 is 0 Å². The number of methoxy groups -OCH3 is 1. The molecule has 0 amide bonds. The van der Waals surface area contributed by atoms with Crippen molar-refractivity contribution in [2.75, 3.05) is 18.2 Å². The SMILES string of the molecule is COc1ncccc1-c1ncnc(Nc2cccc(CCS(=O)[O-])c2)n1. The molecule has 1 aromatic carbocycles. The van der Waals surface area contributed by atoms with Crippen LogP contribution in [0.25, 0.3) is 11.4 Å². The van der Waals surface area contributed by atoms with Crippen molar-refractivity contribution < 1.29 is 13.5 Å². The molecule has 2 aromatic heterocycles. The molecule has 0 bridgehead atoms. The second-order valence-corrected chi connectivity index (χ2v) is 6.29. The molecule has 8 nitrogen and oxygen atoms in total. The summed E-state index contributed by atoms with van der Waals surface area (Å²) in [5, 5.41) is 3.10. The zero-order valence-corrected chi connectivity index (χ0v) is 14.8. The molecule has 3 aromatic rings. The Labute approximate surface area is 153 Å². The standard InChI is InChI=1S/C17H17N5O3S/c1-25-16-14(6-3-8-18-16)15-19-11-20-17(22-15)21-13-5-2-4-12(10-13)7-9-26(23)24/h2-6,8,10-11H,7,9H2,1H3,(H,23,24)(H,19,20,21,22)/p-1. The second-order valence-electron chi connectivity index (χ2n) is 5.28. The lowest BCUT2D eigenvalue weighted by Crippen LogP contribution is -2.03. The van der Waals surface area contributed by atoms with Crippen LogP contribution < -0.4 is 10.1 Å². The maximum absolute atomic E-state index is 10.7. The number of ether oxygens (including phenoxy) is 1. The largest absolute Gasteiger partial charge is 0.772 e. The molecular formula is C17H16N5O3S-. The van der Waals surface area contributed by atoms with Crippen molar-refractivity contribution in [2.45, 2.75) is 6.42 Å². The predicted octanol–water partition coefficient (Wildman–Crippen LogP) is 2.11. The van der Waals surface area contributed by atoms with E-state index in [1.54, 1.807) is 12.3 Å². The fraction of sp³-hybridized carbons (Fsp3) is 0.176. The Kier molecular flexibility index (Phi) is 5.82. The van der Waals surface area contributed by atoms with Crippen LogP contribution in [-0.4, -0.2) is 41.6 Å². The van der Waals surface area contributed by atoms with Crippen LogP contribution in [0.15, 0.2) is 48.9 Å². The molecule has 0 aliphatic heterocycles. The minimum absolute atomic E-state index is 0.0835. The van der Waals surface area contributed by atoms with Gasteiger partial charge in [-0.2, -0.15) is 4.98 Å². The first-order chi connectivity index (χ1) is 12.7. The lowest BCUT2D eigenvalue weighted by molar-refractivity contribution is 0.399. The zero-order chi connectivity index (χ0) is 18.4. The number of nitrogens with one attached hydrogen (secondary N) is 1. The molecule has 26 heavy (non-hydrogen) atoms. The summed E-state index contributed by atoms with van der Waals surface area (Å²) in [6.45, 7) is 0. The van der Waals surface area contributed by atoms with Crippen LogP contribution in [0.2, 0.25) is 0 Å². The van der Waals surface area contributed by atoms with Gasteiger partial charge >= 0.3 is 0 Å². The molecule has 0 radical (unpaired) electrons. The van der Waals surface area contributed by atoms with E-state index in [2.05, 4.69) is 25.3 Å². The highest BCUT2D eigenvalue weighted by molar-refractivity contribution is 7.79. The van der Waals surface area contributed by atoms with E-state index < -0.39 is 11.1 Å². The number of hydrogen-bond donors (Lipinski definition) is 1. The Bertz CT molecular complexity index is 922. The number of nitrogens with zero attached hydrogens (tertiary/aromatic N) is 4. The van der Waals surface area contributed by atoms with E-state index in [0.29, 0.717) is 29.6 Å². The van der Waals surface area contributed by atoms with Gasteiger partial charge in [0.15, 0.2) is 5.82 Å². The molecule has 134 valence electrons. The van der Waals surface area contributed by atoms with Gasteiger partial charge in [-0.15, -0.1) is 0 Å². The minimum atomic E-state index is -2.06. The summed E-state index contributed by atoms with van der Waals surface area (Å²) < 4.78 is 26.7. The molecule has 0 saturated heterocycles. The number of aryl methyl sites for hydroxylation is 1. The molecule has 0 fully saturated rings. The lowest BCUT2D eigenvalue weighted by atomic mass is 10.1. The Morgan fingerprint density at radius 3 is 2.88 bits per heavy atom. The van der Waals surface area contributed by atoms with Gasteiger partial charge in [-0.3, -0.25) is 4.21 Å². The van der Waals surface area contributed by atoms with E-state index in [0.717, 1.165) is 11.3 Å². The summed E-state index contributed by atoms with van der Waals surface area (Å²) >= 11 is -2.06. The van der Waals surface area contributed by atoms with E-state index in [-0.39, 0.29) is 5.75 Å². The van der Waals surface area contributed by atoms with E-state index >= 15 is 0 Å². The molecular weight excluding hydrogens is 354 g/mol. The number of benzene rings is 1. The first-order valence-corrected chi connectivity index (χ1v) is 9.00. The van der Waals surface area contributed by atoms with E-state index in [1.807, 2.05) is 30.3 Å². The van der Waals surface area contributed by atoms with Crippen LogP contribution in [0, 0.1) is 0 Å². The fourth-order valence-corrected chi connectivity index (χ4v) is 2.75. The monoisotopic (exact) mass is 370 g/mol. The molecule has 0 aliphatic carbocycles. The molecule has 9 heteroatoms. The minimum Gasteiger partial charge on any atom is -0.772 e. The van der Waals surface area contributed by atoms with Crippen molar-refractivity contribution in [3.05, 3.63) is 54.5 Å². The summed E-state index contributed by atoms with van der Waals surface area (Å²) in [6.07, 6.45) is 3.48. The summed E-state index contributed by atoms with van der Waals surface area (Å²) in [6, 6.07) is 11.0. The van der Waals surface area contributed by atoms with Crippen molar-refractivity contribution in [3.63, 3.8) is 0 Å². The highest BCUT2D eigenvalue weighted by Gasteiger charge is 2.10. The van der Waals surface area contributed by atoms with Crippen LogP contribution in [0.4, 0.5) is 11.6 Å². The van der Waals surface area contributed by atoms with Gasteiger partial charge in [-0.25, -0.2) is 15.0 Å². The summed E-state index contributed by atoms with van der Waals surface area (Å²) in [7, 11) is 1.53. The quantitative estimate of drug-likeness (QED) is 0.629. The fourth-order valence-electron chi connectivity index (χ4n) is 2.34. The average Bonchev–Trinajstić information content (AvgIpc) is 2.67. The van der Waals surface area contributed by atoms with Crippen LogP contribution in [0.5, 0.6) is 5.88 Å². The normalized spacial score (nSPS) is 11.8. The Hall–Kier alpha value is -2.91. The molecule has 1 unspecified atom stereocenters. The number of rotatable bonds is 7. The number of aromatic nitrogens is 4. The van der Waals surface area contributed by atoms with Gasteiger partial charge in [-0.1, -0.05) is 23.2 Å². The summed E-state index contributed by atoms with van der Waals surface area (Å²) in [5.74, 6) is 1.31. The topological polar surface area (TPSA) is 113 Å². The van der Waals surface area contributed by atoms with Gasteiger partial charge in [0.1, 0.15) is 6.33 Å². The Morgan fingerprint density at radius 2 is 2.08 bits per heavy atom. The number of anilines is 2. The third-order valence-electron chi connectivity index (χ3n) is 3.52. The van der Waals surface area contributed by atoms with Gasteiger partial charge in [0.2, 0.25) is 11.8 Å². The second kappa shape index (κ2) is 8.45. The summed E-state index contributed by atoms with van der Waals surface area (Å²) in [4.78, 5) is 16.8. The van der Waals surface area contributed by atoms with Crippen molar-refractivity contribution >= 4 is 22.7 Å². The van der Waals surface area contributed by atoms with Crippen LogP contribution in [0.3, 0.4) is 0 Å². The van der Waals surface area contributed by atoms with E-state index in [1.165, 1.54) is 13.4 Å². The number of pyridine rings is 1. The first kappa shape index (κ1) is 17.9. The zero-order valence-electron chi connectivity index (χ0n) is 14.0. The Balaban J connectivity index is 1.81. The van der Waals surface area contributed by atoms with Gasteiger partial charge in [0.05, 0.1) is 12.7 Å². The van der Waals surface area contributed by atoms with Crippen molar-refractivity contribution in [2.24, 2.45) is 0 Å². The van der Waals surface area contributed by atoms with Gasteiger partial charge < -0.3 is 14.6 Å². The molecule has 1 N–H and O–H groups in total. The van der Waals surface area contributed by atoms with Gasteiger partial charge in [0, 0.05) is 17.6 Å². The van der Waals surface area contributed by atoms with Crippen LogP contribution in [0.1, 0.15) is 5.56 Å². The van der Waals surface area contributed by atoms with E-state index in [4.69, 9.17) is 4.74 Å². The van der Waals surface area contributed by atoms with Gasteiger partial charge in [0.25, 0.3) is 0 Å². The van der Waals surface area contributed by atoms with Crippen molar-refractivity contribution in [3.8, 4) is 17.3 Å². The third-order valence-corrected chi connectivity index (χ3v) is 4.06. The van der Waals surface area contributed by atoms with E-state index in [9.17, 15) is 8.76 Å². The number of hydrogen-bond acceptors (Lipinski definition) is 8. The highest BCUT2D eigenvalue weighted by atomic mass is 32.2. The van der Waals surface area contributed by atoms with Gasteiger partial charge in [-0.05, 0) is 36.2 Å². The predicted molar refractivity (Wildman–Crippen MR) is 96.8 cm³/mol. The van der Waals surface area contributed by atoms with Crippen molar-refractivity contribution in [1.82, 2.24) is 19.9 Å². The smallest absolute Gasteiger partial charge is 0.230 e. The molecule has 0 spiro atoms. The van der Waals surface area contributed by atoms with Crippen LogP contribution in [-0.2, 0) is 17.5 Å². The Morgan fingerprint density at radius 1 is 1.19 bits per heavy atom. The molecule has 0 aliphatic rings. The molecule has 3 rings (SSSR count). The van der Waals surface area contributed by atoms with Crippen molar-refractivity contribution in [1.29, 1.82) is 0 Å². The first-order valence-electron chi connectivity index (χ1n) is 7.76. The average molecular weight is 370 g/mol. The molecule has 0 saturated carbocycles. The lowest BCUT2D eigenvalue weighted by Gasteiger charge is -2.09.